The minimum atomic E-state index is -0.745. The lowest BCUT2D eigenvalue weighted by atomic mass is 10.1. The number of anilines is 1. The van der Waals surface area contributed by atoms with Crippen LogP contribution < -0.4 is 10.1 Å². The van der Waals surface area contributed by atoms with E-state index < -0.39 is 24.2 Å². The number of carbonyl (C=O) groups is 3. The second-order valence-electron chi connectivity index (χ2n) is 6.54. The summed E-state index contributed by atoms with van der Waals surface area (Å²) in [5.74, 6) is -0.104. The number of carbonyl (C=O) groups excluding carboxylic acids is 3. The summed E-state index contributed by atoms with van der Waals surface area (Å²) < 4.78 is 28.5. The molecule has 2 aromatic carbocycles. The minimum Gasteiger partial charge on any atom is -0.495 e. The van der Waals surface area contributed by atoms with Crippen LogP contribution >= 0.6 is 11.8 Å². The predicted molar refractivity (Wildman–Crippen MR) is 118 cm³/mol. The van der Waals surface area contributed by atoms with Gasteiger partial charge in [-0.05, 0) is 54.6 Å². The van der Waals surface area contributed by atoms with Crippen molar-refractivity contribution in [3.8, 4) is 5.75 Å². The van der Waals surface area contributed by atoms with Crippen molar-refractivity contribution in [2.75, 3.05) is 24.8 Å². The number of amides is 1. The van der Waals surface area contributed by atoms with Gasteiger partial charge in [0.2, 0.25) is 5.91 Å². The van der Waals surface area contributed by atoms with Gasteiger partial charge >= 0.3 is 5.97 Å². The maximum Gasteiger partial charge on any atom is 0.338 e. The first kappa shape index (κ1) is 23.1. The number of ether oxygens (including phenoxy) is 2. The Labute approximate surface area is 187 Å². The van der Waals surface area contributed by atoms with E-state index >= 15 is 0 Å². The van der Waals surface area contributed by atoms with E-state index in [1.807, 2.05) is 6.07 Å². The Bertz CT molecular complexity index is 1080. The van der Waals surface area contributed by atoms with Gasteiger partial charge < -0.3 is 19.2 Å². The molecule has 0 unspecified atom stereocenters. The summed E-state index contributed by atoms with van der Waals surface area (Å²) in [6.07, 6.45) is 1.57. The summed E-state index contributed by atoms with van der Waals surface area (Å²) in [7, 11) is 1.44. The summed E-state index contributed by atoms with van der Waals surface area (Å²) in [5.41, 5.74) is 0.667. The van der Waals surface area contributed by atoms with Gasteiger partial charge in [-0.1, -0.05) is 0 Å². The Morgan fingerprint density at radius 2 is 1.81 bits per heavy atom. The third-order valence-electron chi connectivity index (χ3n) is 4.27. The molecule has 1 N–H and O–H groups in total. The zero-order valence-corrected chi connectivity index (χ0v) is 17.9. The Morgan fingerprint density at radius 1 is 1.06 bits per heavy atom. The van der Waals surface area contributed by atoms with Crippen molar-refractivity contribution in [2.24, 2.45) is 0 Å². The summed E-state index contributed by atoms with van der Waals surface area (Å²) >= 11 is 1.37. The van der Waals surface area contributed by atoms with Crippen molar-refractivity contribution in [1.82, 2.24) is 0 Å². The highest BCUT2D eigenvalue weighted by Gasteiger charge is 2.16. The van der Waals surface area contributed by atoms with Crippen LogP contribution in [0.1, 0.15) is 26.5 Å². The molecule has 0 atom stereocenters. The van der Waals surface area contributed by atoms with Crippen LogP contribution in [0.2, 0.25) is 0 Å². The number of Topliss-reactive ketones (excluding diaryl/α,β-unsaturated/α-hetero) is 1. The third-order valence-corrected chi connectivity index (χ3v) is 5.22. The lowest BCUT2D eigenvalue weighted by molar-refractivity contribution is -0.113. The summed E-state index contributed by atoms with van der Waals surface area (Å²) in [6.45, 7) is -0.498. The van der Waals surface area contributed by atoms with E-state index in [1.54, 1.807) is 12.3 Å². The fourth-order valence-corrected chi connectivity index (χ4v) is 3.42. The van der Waals surface area contributed by atoms with Gasteiger partial charge in [-0.15, -0.1) is 11.8 Å². The normalized spacial score (nSPS) is 10.4. The molecule has 9 heteroatoms. The zero-order valence-electron chi connectivity index (χ0n) is 17.1. The minimum absolute atomic E-state index is 0.135. The second-order valence-corrected chi connectivity index (χ2v) is 7.53. The van der Waals surface area contributed by atoms with Crippen LogP contribution in [0, 0.1) is 5.82 Å². The lowest BCUT2D eigenvalue weighted by Crippen LogP contribution is -2.17. The van der Waals surface area contributed by atoms with E-state index in [9.17, 15) is 18.8 Å². The van der Waals surface area contributed by atoms with E-state index in [-0.39, 0.29) is 22.8 Å². The largest absolute Gasteiger partial charge is 0.495 e. The fraction of sp³-hybridized carbons (Fsp3) is 0.174. The number of nitrogens with one attached hydrogen (secondary N) is 1. The molecular formula is C23H20FNO6S. The second kappa shape index (κ2) is 11.1. The molecule has 0 spiro atoms. The first-order valence-electron chi connectivity index (χ1n) is 9.50. The number of methoxy groups -OCH3 is 1. The van der Waals surface area contributed by atoms with Crippen molar-refractivity contribution in [1.29, 1.82) is 0 Å². The van der Waals surface area contributed by atoms with Gasteiger partial charge in [-0.3, -0.25) is 9.59 Å². The smallest absolute Gasteiger partial charge is 0.338 e. The molecule has 0 saturated heterocycles. The van der Waals surface area contributed by atoms with Crippen molar-refractivity contribution in [2.45, 2.75) is 5.75 Å². The number of halogens is 1. The molecule has 7 nitrogen and oxygen atoms in total. The summed E-state index contributed by atoms with van der Waals surface area (Å²) in [5, 5.41) is 2.71. The van der Waals surface area contributed by atoms with Crippen molar-refractivity contribution in [3.63, 3.8) is 0 Å². The Balaban J connectivity index is 1.57. The van der Waals surface area contributed by atoms with Crippen LogP contribution in [0.25, 0.3) is 0 Å². The van der Waals surface area contributed by atoms with Gasteiger partial charge in [0.05, 0.1) is 36.1 Å². The molecule has 32 heavy (non-hydrogen) atoms. The van der Waals surface area contributed by atoms with E-state index in [1.165, 1.54) is 49.2 Å². The Hall–Kier alpha value is -3.59. The first-order valence-corrected chi connectivity index (χ1v) is 10.7. The molecule has 0 saturated carbocycles. The standard InChI is InChI=1S/C23H20FNO6S/c1-29-21-9-6-16(23(28)31-12-20(26)15-4-7-17(24)8-5-15)11-19(21)25-22(27)14-32-13-18-3-2-10-30-18/h2-11H,12-14H2,1H3,(H,25,27). The Morgan fingerprint density at radius 3 is 2.50 bits per heavy atom. The van der Waals surface area contributed by atoms with Gasteiger partial charge in [0.15, 0.2) is 12.4 Å². The molecule has 3 rings (SSSR count). The number of hydrogen-bond donors (Lipinski definition) is 1. The van der Waals surface area contributed by atoms with E-state index in [2.05, 4.69) is 5.32 Å². The first-order chi connectivity index (χ1) is 15.5. The van der Waals surface area contributed by atoms with Crippen molar-refractivity contribution in [3.05, 3.63) is 83.6 Å². The van der Waals surface area contributed by atoms with Gasteiger partial charge in [-0.2, -0.15) is 0 Å². The van der Waals surface area contributed by atoms with E-state index in [4.69, 9.17) is 13.9 Å². The summed E-state index contributed by atoms with van der Waals surface area (Å²) in [6, 6.07) is 12.9. The fourth-order valence-electron chi connectivity index (χ4n) is 2.69. The van der Waals surface area contributed by atoms with Crippen LogP contribution in [0.4, 0.5) is 10.1 Å². The molecule has 0 radical (unpaired) electrons. The Kier molecular flexibility index (Phi) is 8.04. The number of rotatable bonds is 10. The maximum atomic E-state index is 13.0. The van der Waals surface area contributed by atoms with Crippen LogP contribution in [0.3, 0.4) is 0 Å². The highest BCUT2D eigenvalue weighted by molar-refractivity contribution is 7.99. The van der Waals surface area contributed by atoms with Gasteiger partial charge in [0.1, 0.15) is 17.3 Å². The molecule has 1 aromatic heterocycles. The maximum absolute atomic E-state index is 13.0. The lowest BCUT2D eigenvalue weighted by Gasteiger charge is -2.12. The molecule has 0 fully saturated rings. The molecule has 3 aromatic rings. The topological polar surface area (TPSA) is 94.8 Å². The number of esters is 1. The number of thioether (sulfide) groups is 1. The van der Waals surface area contributed by atoms with Crippen molar-refractivity contribution >= 4 is 35.1 Å². The zero-order chi connectivity index (χ0) is 22.9. The molecule has 0 bridgehead atoms. The SMILES string of the molecule is COc1ccc(C(=O)OCC(=O)c2ccc(F)cc2)cc1NC(=O)CSCc1ccco1. The van der Waals surface area contributed by atoms with Crippen LogP contribution in [-0.4, -0.2) is 37.1 Å². The number of furan rings is 1. The third kappa shape index (κ3) is 6.45. The number of hydrogen-bond acceptors (Lipinski definition) is 7. The van der Waals surface area contributed by atoms with Gasteiger partial charge in [-0.25, -0.2) is 9.18 Å². The van der Waals surface area contributed by atoms with Crippen molar-refractivity contribution < 1.29 is 32.7 Å². The number of benzene rings is 2. The molecular weight excluding hydrogens is 437 g/mol. The summed E-state index contributed by atoms with van der Waals surface area (Å²) in [4.78, 5) is 36.8. The molecule has 166 valence electrons. The predicted octanol–water partition coefficient (Wildman–Crippen LogP) is 4.34. The highest BCUT2D eigenvalue weighted by Crippen LogP contribution is 2.26. The van der Waals surface area contributed by atoms with Gasteiger partial charge in [0.25, 0.3) is 0 Å². The highest BCUT2D eigenvalue weighted by atomic mass is 32.2. The quantitative estimate of drug-likeness (QED) is 0.357. The van der Waals surface area contributed by atoms with Gasteiger partial charge in [0, 0.05) is 5.56 Å². The molecule has 0 aliphatic heterocycles. The van der Waals surface area contributed by atoms with Crippen LogP contribution in [-0.2, 0) is 15.3 Å². The number of ketones is 1. The monoisotopic (exact) mass is 457 g/mol. The molecule has 0 aliphatic rings. The van der Waals surface area contributed by atoms with Crippen LogP contribution in [0.5, 0.6) is 5.75 Å². The average molecular weight is 457 g/mol. The van der Waals surface area contributed by atoms with E-state index in [0.29, 0.717) is 17.2 Å². The average Bonchev–Trinajstić information content (AvgIpc) is 3.31. The molecule has 0 aliphatic carbocycles. The molecule has 1 heterocycles. The van der Waals surface area contributed by atoms with E-state index in [0.717, 1.165) is 17.9 Å². The van der Waals surface area contributed by atoms with Crippen LogP contribution in [0.15, 0.2) is 65.3 Å². The molecule has 1 amide bonds.